The Bertz CT molecular complexity index is 1660. The number of nitrogens with two attached hydrogens (primary N) is 2. The molecule has 0 aliphatic rings. The maximum absolute atomic E-state index is 14.1. The van der Waals surface area contributed by atoms with E-state index in [0.29, 0.717) is 40.5 Å². The van der Waals surface area contributed by atoms with Crippen LogP contribution in [-0.4, -0.2) is 79.4 Å². The van der Waals surface area contributed by atoms with Crippen LogP contribution in [0.15, 0.2) is 61.3 Å². The topological polar surface area (TPSA) is 182 Å². The van der Waals surface area contributed by atoms with E-state index < -0.39 is 41.8 Å². The Hall–Kier alpha value is -5.07. The molecule has 0 fully saturated rings. The van der Waals surface area contributed by atoms with E-state index in [-0.39, 0.29) is 19.6 Å². The van der Waals surface area contributed by atoms with Crippen molar-refractivity contribution in [3.63, 3.8) is 0 Å². The highest BCUT2D eigenvalue weighted by atomic mass is 16.5. The molecule has 12 nitrogen and oxygen atoms in total. The average Bonchev–Trinajstić information content (AvgIpc) is 3.09. The Kier molecular flexibility index (Phi) is 14.7. The van der Waals surface area contributed by atoms with Gasteiger partial charge in [0.15, 0.2) is 0 Å². The molecule has 0 unspecified atom stereocenters. The van der Waals surface area contributed by atoms with E-state index >= 15 is 0 Å². The van der Waals surface area contributed by atoms with Crippen molar-refractivity contribution >= 4 is 29.7 Å². The van der Waals surface area contributed by atoms with Crippen LogP contribution in [0.5, 0.6) is 5.75 Å². The van der Waals surface area contributed by atoms with Gasteiger partial charge in [-0.05, 0) is 86.2 Å². The maximum atomic E-state index is 14.1. The van der Waals surface area contributed by atoms with Crippen LogP contribution in [-0.2, 0) is 20.8 Å². The zero-order chi connectivity index (χ0) is 37.0. The minimum Gasteiger partial charge on any atom is -0.492 e. The van der Waals surface area contributed by atoms with E-state index in [1.165, 1.54) is 25.9 Å². The molecule has 0 aliphatic carbocycles. The highest BCUT2D eigenvalue weighted by Crippen LogP contribution is 2.29. The van der Waals surface area contributed by atoms with Gasteiger partial charge in [0.25, 0.3) is 5.91 Å². The molecule has 7 N–H and O–H groups in total. The first-order chi connectivity index (χ1) is 23.8. The molecule has 268 valence electrons. The Morgan fingerprint density at radius 2 is 1.72 bits per heavy atom. The Labute approximate surface area is 295 Å². The van der Waals surface area contributed by atoms with Gasteiger partial charge in [0, 0.05) is 43.5 Å². The van der Waals surface area contributed by atoms with Crippen LogP contribution >= 0.6 is 0 Å². The molecule has 3 rings (SSSR count). The maximum Gasteiger partial charge on any atom is 0.252 e. The second-order valence-corrected chi connectivity index (χ2v) is 12.6. The summed E-state index contributed by atoms with van der Waals surface area (Å²) in [6, 6.07) is 11.3. The number of nitrogens with one attached hydrogen (secondary N) is 3. The van der Waals surface area contributed by atoms with Crippen LogP contribution in [0, 0.1) is 12.8 Å². The summed E-state index contributed by atoms with van der Waals surface area (Å²) in [6.07, 6.45) is 4.50. The number of carbonyl (C=O) groups excluding carboxylic acids is 4. The highest BCUT2D eigenvalue weighted by molar-refractivity contribution is 6.00. The normalized spacial score (nSPS) is 12.7. The molecular formula is C38H51N7O5. The summed E-state index contributed by atoms with van der Waals surface area (Å²) in [5.74, 6) is -0.972. The van der Waals surface area contributed by atoms with Crippen LogP contribution in [0.1, 0.15) is 65.8 Å². The lowest BCUT2D eigenvalue weighted by Crippen LogP contribution is -2.53. The van der Waals surface area contributed by atoms with Gasteiger partial charge in [-0.3, -0.25) is 24.2 Å². The van der Waals surface area contributed by atoms with Gasteiger partial charge < -0.3 is 37.1 Å². The van der Waals surface area contributed by atoms with E-state index in [0.717, 1.165) is 23.2 Å². The number of hydrogen-bond acceptors (Lipinski definition) is 8. The number of aryl methyl sites for hydroxylation is 1. The second-order valence-electron chi connectivity index (χ2n) is 12.6. The van der Waals surface area contributed by atoms with Crippen molar-refractivity contribution < 1.29 is 23.9 Å². The van der Waals surface area contributed by atoms with Gasteiger partial charge in [0.05, 0.1) is 5.69 Å². The summed E-state index contributed by atoms with van der Waals surface area (Å²) in [7, 11) is 2.94. The monoisotopic (exact) mass is 685 g/mol. The van der Waals surface area contributed by atoms with E-state index in [9.17, 15) is 19.2 Å². The summed E-state index contributed by atoms with van der Waals surface area (Å²) < 4.78 is 5.71. The SMILES string of the molecule is C=Cc1cc([C@@H](C(=O)N[C@@H](C)C(=O)NC)N(C)C(=O)[C@H](CCN)NC(=O)c2ccc(-c3ccc(CC(C)C)cn3)cc2C)ccc1OCCN. The van der Waals surface area contributed by atoms with Gasteiger partial charge in [-0.25, -0.2) is 0 Å². The summed E-state index contributed by atoms with van der Waals surface area (Å²) in [5, 5.41) is 8.03. The molecule has 12 heteroatoms. The molecule has 1 aromatic heterocycles. The van der Waals surface area contributed by atoms with Gasteiger partial charge >= 0.3 is 0 Å². The minimum absolute atomic E-state index is 0.0965. The van der Waals surface area contributed by atoms with Crippen molar-refractivity contribution in [1.29, 1.82) is 0 Å². The quantitative estimate of drug-likeness (QED) is 0.144. The number of aromatic nitrogens is 1. The summed E-state index contributed by atoms with van der Waals surface area (Å²) in [5.41, 5.74) is 16.4. The van der Waals surface area contributed by atoms with E-state index in [4.69, 9.17) is 16.2 Å². The Balaban J connectivity index is 1.90. The van der Waals surface area contributed by atoms with E-state index in [2.05, 4.69) is 47.4 Å². The fourth-order valence-electron chi connectivity index (χ4n) is 5.62. The van der Waals surface area contributed by atoms with Crippen LogP contribution in [0.2, 0.25) is 0 Å². The lowest BCUT2D eigenvalue weighted by Gasteiger charge is -2.32. The first kappa shape index (κ1) is 39.4. The lowest BCUT2D eigenvalue weighted by molar-refractivity contribution is -0.141. The van der Waals surface area contributed by atoms with Crippen molar-refractivity contribution in [1.82, 2.24) is 25.8 Å². The molecule has 3 atom stereocenters. The predicted octanol–water partition coefficient (Wildman–Crippen LogP) is 3.13. The summed E-state index contributed by atoms with van der Waals surface area (Å²) >= 11 is 0. The van der Waals surface area contributed by atoms with Gasteiger partial charge in [-0.2, -0.15) is 0 Å². The summed E-state index contributed by atoms with van der Waals surface area (Å²) in [6.45, 7) is 12.2. The molecule has 0 spiro atoms. The fraction of sp³-hybridized carbons (Fsp3) is 0.395. The molecular weight excluding hydrogens is 634 g/mol. The van der Waals surface area contributed by atoms with E-state index in [1.807, 2.05) is 31.3 Å². The molecule has 0 aliphatic heterocycles. The zero-order valence-corrected chi connectivity index (χ0v) is 29.9. The minimum atomic E-state index is -1.19. The van der Waals surface area contributed by atoms with Crippen LogP contribution in [0.3, 0.4) is 0 Å². The highest BCUT2D eigenvalue weighted by Gasteiger charge is 2.34. The number of ether oxygens (including phenoxy) is 1. The molecule has 3 aromatic rings. The molecule has 0 saturated carbocycles. The van der Waals surface area contributed by atoms with Crippen molar-refractivity contribution in [2.75, 3.05) is 33.8 Å². The number of pyridine rings is 1. The molecule has 2 aromatic carbocycles. The van der Waals surface area contributed by atoms with Crippen LogP contribution in [0.25, 0.3) is 17.3 Å². The smallest absolute Gasteiger partial charge is 0.252 e. The molecule has 1 heterocycles. The number of rotatable bonds is 17. The van der Waals surface area contributed by atoms with Gasteiger partial charge in [-0.1, -0.05) is 44.7 Å². The number of hydrogen-bond donors (Lipinski definition) is 5. The molecule has 0 saturated heterocycles. The molecule has 0 radical (unpaired) electrons. The first-order valence-corrected chi connectivity index (χ1v) is 16.8. The number of amides is 4. The zero-order valence-electron chi connectivity index (χ0n) is 29.9. The van der Waals surface area contributed by atoms with Crippen LogP contribution < -0.4 is 32.2 Å². The molecule has 0 bridgehead atoms. The predicted molar refractivity (Wildman–Crippen MR) is 196 cm³/mol. The standard InChI is InChI=1S/C38H51N7O5/c1-8-27-21-29(11-14-33(27)50-18-17-40)34(37(48)43-25(5)35(46)41-6)45(7)38(49)32(15-16-39)44-36(47)30-12-10-28(20-24(30)4)31-13-9-26(22-42-31)19-23(2)3/h8-14,20-23,25,32,34H,1,15-19,39-40H2,2-7H3,(H,41,46)(H,43,48)(H,44,47)/t25-,32-,34-/m0/s1. The Morgan fingerprint density at radius 3 is 2.30 bits per heavy atom. The van der Waals surface area contributed by atoms with Crippen molar-refractivity contribution in [3.05, 3.63) is 89.1 Å². The van der Waals surface area contributed by atoms with Crippen LogP contribution in [0.4, 0.5) is 0 Å². The number of benzene rings is 2. The largest absolute Gasteiger partial charge is 0.492 e. The van der Waals surface area contributed by atoms with Crippen molar-refractivity contribution in [2.24, 2.45) is 17.4 Å². The van der Waals surface area contributed by atoms with E-state index in [1.54, 1.807) is 30.3 Å². The number of likely N-dealkylation sites (N-methyl/N-ethyl adjacent to an activating group) is 2. The third-order valence-corrected chi connectivity index (χ3v) is 8.22. The first-order valence-electron chi connectivity index (χ1n) is 16.8. The average molecular weight is 686 g/mol. The Morgan fingerprint density at radius 1 is 0.980 bits per heavy atom. The van der Waals surface area contributed by atoms with Gasteiger partial charge in [-0.15, -0.1) is 0 Å². The van der Waals surface area contributed by atoms with Crippen molar-refractivity contribution in [3.8, 4) is 17.0 Å². The summed E-state index contributed by atoms with van der Waals surface area (Å²) in [4.78, 5) is 59.6. The third-order valence-electron chi connectivity index (χ3n) is 8.22. The third kappa shape index (κ3) is 10.2. The van der Waals surface area contributed by atoms with Gasteiger partial charge in [0.2, 0.25) is 17.7 Å². The molecule has 4 amide bonds. The number of nitrogens with zero attached hydrogens (tertiary/aromatic N) is 2. The van der Waals surface area contributed by atoms with Crippen molar-refractivity contribution in [2.45, 2.75) is 58.7 Å². The lowest BCUT2D eigenvalue weighted by atomic mass is 9.99. The molecule has 50 heavy (non-hydrogen) atoms. The fourth-order valence-corrected chi connectivity index (χ4v) is 5.62. The second kappa shape index (κ2) is 18.6. The van der Waals surface area contributed by atoms with Gasteiger partial charge in [0.1, 0.15) is 30.5 Å². The number of carbonyl (C=O) groups is 4.